The number of carbonyl (C=O) groups excluding carboxylic acids is 3. The number of non-ortho nitro benzene ring substituents is 1. The van der Waals surface area contributed by atoms with Crippen LogP contribution in [-0.2, 0) is 14.3 Å². The van der Waals surface area contributed by atoms with Gasteiger partial charge in [-0.25, -0.2) is 9.59 Å². The topological polar surface area (TPSA) is 119 Å². The summed E-state index contributed by atoms with van der Waals surface area (Å²) in [6.45, 7) is 0.0511. The third-order valence-corrected chi connectivity index (χ3v) is 2.99. The van der Waals surface area contributed by atoms with Crippen molar-refractivity contribution in [2.45, 2.75) is 0 Å². The van der Waals surface area contributed by atoms with E-state index in [1.165, 1.54) is 24.3 Å². The zero-order valence-corrected chi connectivity index (χ0v) is 11.9. The number of nitro groups is 1. The standard InChI is InChI=1S/C14H13N3O6/c18-12(16-7-6-15-14(16)20)9-23-13(19)5-4-10-2-1-3-11(8-10)17(21)22/h1-5,8H,6-7,9H2,(H,15,20)/b5-4+. The summed E-state index contributed by atoms with van der Waals surface area (Å²) in [4.78, 5) is 45.5. The van der Waals surface area contributed by atoms with Gasteiger partial charge in [-0.3, -0.25) is 19.8 Å². The second kappa shape index (κ2) is 7.16. The minimum absolute atomic E-state index is 0.101. The van der Waals surface area contributed by atoms with Crippen molar-refractivity contribution in [3.8, 4) is 0 Å². The number of carbonyl (C=O) groups is 3. The Morgan fingerprint density at radius 1 is 1.43 bits per heavy atom. The van der Waals surface area contributed by atoms with Gasteiger partial charge in [0, 0.05) is 31.3 Å². The lowest BCUT2D eigenvalue weighted by atomic mass is 10.2. The first-order valence-corrected chi connectivity index (χ1v) is 6.65. The summed E-state index contributed by atoms with van der Waals surface area (Å²) in [6, 6.07) is 5.17. The number of nitrogens with one attached hydrogen (secondary N) is 1. The SMILES string of the molecule is O=C(/C=C/c1cccc([N+](=O)[O-])c1)OCC(=O)N1CCNC1=O. The number of rotatable bonds is 5. The fourth-order valence-corrected chi connectivity index (χ4v) is 1.87. The first-order valence-electron chi connectivity index (χ1n) is 6.65. The van der Waals surface area contributed by atoms with Crippen LogP contribution in [0.2, 0.25) is 0 Å². The van der Waals surface area contributed by atoms with E-state index in [9.17, 15) is 24.5 Å². The summed E-state index contributed by atoms with van der Waals surface area (Å²) in [5.74, 6) is -1.40. The van der Waals surface area contributed by atoms with E-state index >= 15 is 0 Å². The molecule has 0 spiro atoms. The molecule has 23 heavy (non-hydrogen) atoms. The van der Waals surface area contributed by atoms with Gasteiger partial charge in [0.05, 0.1) is 4.92 Å². The molecule has 1 aliphatic rings. The lowest BCUT2D eigenvalue weighted by Crippen LogP contribution is -2.37. The number of nitro benzene ring substituents is 1. The molecule has 9 heteroatoms. The lowest BCUT2D eigenvalue weighted by Gasteiger charge is -2.11. The van der Waals surface area contributed by atoms with E-state index in [1.807, 2.05) is 0 Å². The Hall–Kier alpha value is -3.23. The molecule has 9 nitrogen and oxygen atoms in total. The van der Waals surface area contributed by atoms with Crippen LogP contribution in [0.5, 0.6) is 0 Å². The second-order valence-electron chi connectivity index (χ2n) is 4.57. The Bertz CT molecular complexity index is 685. The van der Waals surface area contributed by atoms with Crippen LogP contribution in [0.15, 0.2) is 30.3 Å². The van der Waals surface area contributed by atoms with E-state index in [2.05, 4.69) is 5.32 Å². The van der Waals surface area contributed by atoms with Gasteiger partial charge in [-0.15, -0.1) is 0 Å². The number of esters is 1. The number of hydrogen-bond donors (Lipinski definition) is 1. The molecule has 0 saturated carbocycles. The third-order valence-electron chi connectivity index (χ3n) is 2.99. The highest BCUT2D eigenvalue weighted by molar-refractivity contribution is 5.97. The van der Waals surface area contributed by atoms with Gasteiger partial charge in [-0.2, -0.15) is 0 Å². The van der Waals surface area contributed by atoms with Crippen LogP contribution in [0, 0.1) is 10.1 Å². The molecule has 0 bridgehead atoms. The van der Waals surface area contributed by atoms with Gasteiger partial charge >= 0.3 is 12.0 Å². The van der Waals surface area contributed by atoms with Crippen LogP contribution < -0.4 is 5.32 Å². The lowest BCUT2D eigenvalue weighted by molar-refractivity contribution is -0.384. The number of ether oxygens (including phenoxy) is 1. The fourth-order valence-electron chi connectivity index (χ4n) is 1.87. The van der Waals surface area contributed by atoms with Crippen LogP contribution in [0.3, 0.4) is 0 Å². The summed E-state index contributed by atoms with van der Waals surface area (Å²) >= 11 is 0. The van der Waals surface area contributed by atoms with E-state index in [1.54, 1.807) is 6.07 Å². The van der Waals surface area contributed by atoms with Crippen LogP contribution in [0.25, 0.3) is 6.08 Å². The maximum atomic E-state index is 11.6. The molecule has 3 amide bonds. The Morgan fingerprint density at radius 3 is 2.87 bits per heavy atom. The van der Waals surface area contributed by atoms with E-state index in [4.69, 9.17) is 4.74 Å². The summed E-state index contributed by atoms with van der Waals surface area (Å²) in [5, 5.41) is 13.1. The Labute approximate surface area is 130 Å². The van der Waals surface area contributed by atoms with Gasteiger partial charge < -0.3 is 10.1 Å². The molecule has 0 atom stereocenters. The van der Waals surface area contributed by atoms with Gasteiger partial charge in [0.15, 0.2) is 6.61 Å². The molecule has 1 aromatic rings. The monoisotopic (exact) mass is 319 g/mol. The molecule has 2 rings (SSSR count). The van der Waals surface area contributed by atoms with Crippen molar-refractivity contribution in [2.75, 3.05) is 19.7 Å². The van der Waals surface area contributed by atoms with Crippen molar-refractivity contribution in [1.82, 2.24) is 10.2 Å². The zero-order valence-electron chi connectivity index (χ0n) is 11.9. The minimum atomic E-state index is -0.788. The van der Waals surface area contributed by atoms with Crippen molar-refractivity contribution in [1.29, 1.82) is 0 Å². The molecule has 0 unspecified atom stereocenters. The summed E-state index contributed by atoms with van der Waals surface area (Å²) in [5.41, 5.74) is 0.345. The number of hydrogen-bond acceptors (Lipinski definition) is 6. The molecule has 1 saturated heterocycles. The molecule has 1 N–H and O–H groups in total. The number of amides is 3. The quantitative estimate of drug-likeness (QED) is 0.369. The van der Waals surface area contributed by atoms with Crippen molar-refractivity contribution in [2.24, 2.45) is 0 Å². The summed E-state index contributed by atoms with van der Waals surface area (Å²) < 4.78 is 4.73. The van der Waals surface area contributed by atoms with E-state index in [0.717, 1.165) is 11.0 Å². The molecule has 120 valence electrons. The molecular formula is C14H13N3O6. The van der Waals surface area contributed by atoms with Gasteiger partial charge in [0.25, 0.3) is 11.6 Å². The van der Waals surface area contributed by atoms with E-state index in [-0.39, 0.29) is 12.2 Å². The van der Waals surface area contributed by atoms with Crippen LogP contribution in [0.1, 0.15) is 5.56 Å². The van der Waals surface area contributed by atoms with Crippen molar-refractivity contribution in [3.63, 3.8) is 0 Å². The van der Waals surface area contributed by atoms with Crippen LogP contribution in [0.4, 0.5) is 10.5 Å². The van der Waals surface area contributed by atoms with Crippen molar-refractivity contribution >= 4 is 29.7 Å². The summed E-state index contributed by atoms with van der Waals surface area (Å²) in [6.07, 6.45) is 2.39. The molecule has 1 aromatic carbocycles. The highest BCUT2D eigenvalue weighted by Gasteiger charge is 2.26. The highest BCUT2D eigenvalue weighted by Crippen LogP contribution is 2.14. The Balaban J connectivity index is 1.87. The third kappa shape index (κ3) is 4.37. The normalized spacial score (nSPS) is 13.9. The number of benzene rings is 1. The molecule has 1 heterocycles. The predicted molar refractivity (Wildman–Crippen MR) is 78.2 cm³/mol. The Morgan fingerprint density at radius 2 is 2.22 bits per heavy atom. The molecule has 0 aliphatic carbocycles. The zero-order chi connectivity index (χ0) is 16.8. The van der Waals surface area contributed by atoms with E-state index in [0.29, 0.717) is 12.1 Å². The van der Waals surface area contributed by atoms with Gasteiger partial charge in [-0.05, 0) is 11.6 Å². The van der Waals surface area contributed by atoms with Gasteiger partial charge in [0.2, 0.25) is 0 Å². The average molecular weight is 319 g/mol. The number of imide groups is 1. The van der Waals surface area contributed by atoms with Crippen LogP contribution >= 0.6 is 0 Å². The number of nitrogens with zero attached hydrogens (tertiary/aromatic N) is 2. The average Bonchev–Trinajstić information content (AvgIpc) is 2.97. The largest absolute Gasteiger partial charge is 0.452 e. The molecule has 1 aliphatic heterocycles. The Kier molecular flexibility index (Phi) is 5.03. The molecule has 1 fully saturated rings. The van der Waals surface area contributed by atoms with E-state index < -0.39 is 29.4 Å². The molecular weight excluding hydrogens is 306 g/mol. The molecule has 0 radical (unpaired) electrons. The maximum absolute atomic E-state index is 11.6. The predicted octanol–water partition coefficient (Wildman–Crippen LogP) is 0.703. The second-order valence-corrected chi connectivity index (χ2v) is 4.57. The maximum Gasteiger partial charge on any atom is 0.331 e. The van der Waals surface area contributed by atoms with Crippen LogP contribution in [-0.4, -0.2) is 47.4 Å². The fraction of sp³-hybridized carbons (Fsp3) is 0.214. The van der Waals surface area contributed by atoms with Gasteiger partial charge in [0.1, 0.15) is 0 Å². The summed E-state index contributed by atoms with van der Waals surface area (Å²) in [7, 11) is 0. The van der Waals surface area contributed by atoms with Crippen molar-refractivity contribution in [3.05, 3.63) is 46.0 Å². The van der Waals surface area contributed by atoms with Crippen molar-refractivity contribution < 1.29 is 24.0 Å². The van der Waals surface area contributed by atoms with Gasteiger partial charge in [-0.1, -0.05) is 12.1 Å². The highest BCUT2D eigenvalue weighted by atomic mass is 16.6. The minimum Gasteiger partial charge on any atom is -0.452 e. The molecule has 0 aromatic heterocycles. The first kappa shape index (κ1) is 16.1. The first-order chi connectivity index (χ1) is 11.0. The smallest absolute Gasteiger partial charge is 0.331 e. The number of urea groups is 1.